The predicted octanol–water partition coefficient (Wildman–Crippen LogP) is 1.43. The molecule has 0 saturated heterocycles. The Morgan fingerprint density at radius 2 is 2.18 bits per heavy atom. The van der Waals surface area contributed by atoms with E-state index in [4.69, 9.17) is 5.73 Å². The molecule has 1 heterocycles. The van der Waals surface area contributed by atoms with Gasteiger partial charge < -0.3 is 11.1 Å². The average molecular weight is 300 g/mol. The van der Waals surface area contributed by atoms with Crippen LogP contribution < -0.4 is 11.1 Å². The molecule has 7 heteroatoms. The quantitative estimate of drug-likeness (QED) is 0.890. The third-order valence-corrected chi connectivity index (χ3v) is 4.50. The zero-order valence-electron chi connectivity index (χ0n) is 12.6. The summed E-state index contributed by atoms with van der Waals surface area (Å²) in [6, 6.07) is 5.71. The average Bonchev–Trinajstić information content (AvgIpc) is 3.21. The number of hydrogen-bond acceptors (Lipinski definition) is 5. The Labute approximate surface area is 128 Å². The molecule has 0 spiro atoms. The van der Waals surface area contributed by atoms with Crippen molar-refractivity contribution >= 4 is 11.6 Å². The molecule has 1 fully saturated rings. The van der Waals surface area contributed by atoms with Crippen LogP contribution in [-0.2, 0) is 4.79 Å². The maximum atomic E-state index is 12.6. The van der Waals surface area contributed by atoms with Crippen molar-refractivity contribution in [2.24, 2.45) is 11.1 Å². The lowest BCUT2D eigenvalue weighted by molar-refractivity contribution is -0.124. The number of rotatable bonds is 4. The molecule has 0 atom stereocenters. The molecule has 1 aliphatic rings. The van der Waals surface area contributed by atoms with E-state index in [1.807, 2.05) is 25.1 Å². The molecular formula is C15H20N6O. The second-order valence-corrected chi connectivity index (χ2v) is 5.90. The molecule has 0 aliphatic heterocycles. The number of nitrogens with zero attached hydrogens (tertiary/aromatic N) is 4. The number of tetrazole rings is 1. The monoisotopic (exact) mass is 300 g/mol. The van der Waals surface area contributed by atoms with E-state index in [-0.39, 0.29) is 5.91 Å². The van der Waals surface area contributed by atoms with Crippen molar-refractivity contribution in [2.75, 3.05) is 11.9 Å². The molecule has 1 aliphatic carbocycles. The van der Waals surface area contributed by atoms with Gasteiger partial charge in [-0.3, -0.25) is 4.79 Å². The van der Waals surface area contributed by atoms with Gasteiger partial charge in [0.25, 0.3) is 0 Å². The van der Waals surface area contributed by atoms with Crippen molar-refractivity contribution in [3.8, 4) is 5.69 Å². The largest absolute Gasteiger partial charge is 0.329 e. The van der Waals surface area contributed by atoms with Gasteiger partial charge in [-0.2, -0.15) is 0 Å². The number of nitrogens with one attached hydrogen (secondary N) is 1. The predicted molar refractivity (Wildman–Crippen MR) is 82.5 cm³/mol. The van der Waals surface area contributed by atoms with Crippen molar-refractivity contribution in [1.29, 1.82) is 0 Å². The molecule has 116 valence electrons. The molecule has 7 nitrogen and oxygen atoms in total. The summed E-state index contributed by atoms with van der Waals surface area (Å²) in [5.41, 5.74) is 8.05. The lowest BCUT2D eigenvalue weighted by atomic mass is 9.85. The third-order valence-electron chi connectivity index (χ3n) is 4.50. The number of hydrogen-bond donors (Lipinski definition) is 2. The minimum Gasteiger partial charge on any atom is -0.329 e. The van der Waals surface area contributed by atoms with Crippen LogP contribution in [0.15, 0.2) is 24.5 Å². The smallest absolute Gasteiger partial charge is 0.231 e. The fraction of sp³-hybridized carbons (Fsp3) is 0.467. The molecule has 1 aromatic heterocycles. The fourth-order valence-electron chi connectivity index (χ4n) is 3.04. The highest BCUT2D eigenvalue weighted by atomic mass is 16.2. The zero-order valence-corrected chi connectivity index (χ0v) is 12.6. The van der Waals surface area contributed by atoms with Gasteiger partial charge in [0, 0.05) is 12.2 Å². The Bertz CT molecular complexity index is 661. The highest BCUT2D eigenvalue weighted by Gasteiger charge is 2.39. The summed E-state index contributed by atoms with van der Waals surface area (Å²) in [6.07, 6.45) is 5.39. The van der Waals surface area contributed by atoms with Gasteiger partial charge in [-0.25, -0.2) is 4.68 Å². The van der Waals surface area contributed by atoms with E-state index in [0.29, 0.717) is 6.54 Å². The number of aromatic nitrogens is 4. The third kappa shape index (κ3) is 2.59. The number of benzene rings is 1. The van der Waals surface area contributed by atoms with E-state index in [0.717, 1.165) is 42.6 Å². The van der Waals surface area contributed by atoms with Crippen LogP contribution in [0, 0.1) is 12.3 Å². The highest BCUT2D eigenvalue weighted by Crippen LogP contribution is 2.38. The summed E-state index contributed by atoms with van der Waals surface area (Å²) in [5.74, 6) is 0.0130. The minimum atomic E-state index is -0.417. The first-order valence-electron chi connectivity index (χ1n) is 7.50. The second-order valence-electron chi connectivity index (χ2n) is 5.90. The normalized spacial score (nSPS) is 16.6. The SMILES string of the molecule is Cc1ccc(NC(=O)C2(CN)CCCC2)cc1-n1cnnn1. The Balaban J connectivity index is 1.84. The van der Waals surface area contributed by atoms with E-state index >= 15 is 0 Å². The van der Waals surface area contributed by atoms with Crippen LogP contribution in [0.25, 0.3) is 5.69 Å². The molecule has 0 unspecified atom stereocenters. The summed E-state index contributed by atoms with van der Waals surface area (Å²) < 4.78 is 1.58. The fourth-order valence-corrected chi connectivity index (χ4v) is 3.04. The van der Waals surface area contributed by atoms with Gasteiger partial charge in [0.15, 0.2) is 0 Å². The standard InChI is InChI=1S/C15H20N6O/c1-11-4-5-12(8-13(11)21-10-17-19-20-21)18-14(22)15(9-16)6-2-3-7-15/h4-5,8,10H,2-3,6-7,9,16H2,1H3,(H,18,22). The van der Waals surface area contributed by atoms with Crippen LogP contribution in [0.2, 0.25) is 0 Å². The van der Waals surface area contributed by atoms with Gasteiger partial charge in [0.1, 0.15) is 6.33 Å². The summed E-state index contributed by atoms with van der Waals surface area (Å²) in [4.78, 5) is 12.6. The van der Waals surface area contributed by atoms with Crippen molar-refractivity contribution < 1.29 is 4.79 Å². The molecular weight excluding hydrogens is 280 g/mol. The molecule has 0 radical (unpaired) electrons. The van der Waals surface area contributed by atoms with Gasteiger partial charge in [0.2, 0.25) is 5.91 Å². The molecule has 1 aromatic carbocycles. The number of carbonyl (C=O) groups excluding carboxylic acids is 1. The van der Waals surface area contributed by atoms with Crippen LogP contribution in [0.4, 0.5) is 5.69 Å². The Morgan fingerprint density at radius 1 is 1.41 bits per heavy atom. The van der Waals surface area contributed by atoms with E-state index in [1.54, 1.807) is 4.68 Å². The van der Waals surface area contributed by atoms with Crippen molar-refractivity contribution in [3.05, 3.63) is 30.1 Å². The molecule has 1 amide bonds. The van der Waals surface area contributed by atoms with Gasteiger partial charge in [-0.15, -0.1) is 5.10 Å². The summed E-state index contributed by atoms with van der Waals surface area (Å²) in [7, 11) is 0. The van der Waals surface area contributed by atoms with E-state index in [9.17, 15) is 4.79 Å². The molecule has 3 rings (SSSR count). The van der Waals surface area contributed by atoms with Gasteiger partial charge in [-0.05, 0) is 47.9 Å². The maximum absolute atomic E-state index is 12.6. The lowest BCUT2D eigenvalue weighted by Gasteiger charge is -2.25. The number of aryl methyl sites for hydroxylation is 1. The second kappa shape index (κ2) is 5.84. The van der Waals surface area contributed by atoms with Crippen LogP contribution >= 0.6 is 0 Å². The van der Waals surface area contributed by atoms with Crippen LogP contribution in [0.3, 0.4) is 0 Å². The Hall–Kier alpha value is -2.28. The maximum Gasteiger partial charge on any atom is 0.231 e. The molecule has 1 saturated carbocycles. The van der Waals surface area contributed by atoms with Crippen LogP contribution in [-0.4, -0.2) is 32.7 Å². The minimum absolute atomic E-state index is 0.0130. The number of nitrogens with two attached hydrogens (primary N) is 1. The van der Waals surface area contributed by atoms with Crippen LogP contribution in [0.5, 0.6) is 0 Å². The topological polar surface area (TPSA) is 98.7 Å². The zero-order chi connectivity index (χ0) is 15.6. The van der Waals surface area contributed by atoms with E-state index in [1.165, 1.54) is 6.33 Å². The molecule has 0 bridgehead atoms. The lowest BCUT2D eigenvalue weighted by Crippen LogP contribution is -2.40. The molecule has 2 aromatic rings. The first-order valence-corrected chi connectivity index (χ1v) is 7.50. The molecule has 22 heavy (non-hydrogen) atoms. The first-order chi connectivity index (χ1) is 10.6. The van der Waals surface area contributed by atoms with Crippen molar-refractivity contribution in [2.45, 2.75) is 32.6 Å². The Kier molecular flexibility index (Phi) is 3.89. The summed E-state index contributed by atoms with van der Waals surface area (Å²) in [6.45, 7) is 2.37. The number of anilines is 1. The van der Waals surface area contributed by atoms with Crippen LogP contribution in [0.1, 0.15) is 31.2 Å². The number of amides is 1. The van der Waals surface area contributed by atoms with Gasteiger partial charge in [0.05, 0.1) is 11.1 Å². The van der Waals surface area contributed by atoms with Gasteiger partial charge >= 0.3 is 0 Å². The summed E-state index contributed by atoms with van der Waals surface area (Å²) >= 11 is 0. The van der Waals surface area contributed by atoms with Crippen molar-refractivity contribution in [1.82, 2.24) is 20.2 Å². The first kappa shape index (κ1) is 14.6. The van der Waals surface area contributed by atoms with Crippen molar-refractivity contribution in [3.63, 3.8) is 0 Å². The summed E-state index contributed by atoms with van der Waals surface area (Å²) in [5, 5.41) is 14.2. The molecule has 3 N–H and O–H groups in total. The number of carbonyl (C=O) groups is 1. The Morgan fingerprint density at radius 3 is 2.82 bits per heavy atom. The van der Waals surface area contributed by atoms with E-state index in [2.05, 4.69) is 20.8 Å². The van der Waals surface area contributed by atoms with Gasteiger partial charge in [-0.1, -0.05) is 18.9 Å². The highest BCUT2D eigenvalue weighted by molar-refractivity contribution is 5.96. The van der Waals surface area contributed by atoms with E-state index < -0.39 is 5.41 Å².